The Hall–Kier alpha value is -0.580. The number of hydrogen-bond donors (Lipinski definition) is 1. The third-order valence-corrected chi connectivity index (χ3v) is 4.22. The minimum Gasteiger partial charge on any atom is -0.485 e. The molecule has 1 fully saturated rings. The summed E-state index contributed by atoms with van der Waals surface area (Å²) in [5, 5.41) is 10.3. The van der Waals surface area contributed by atoms with Crippen molar-refractivity contribution in [2.24, 2.45) is 0 Å². The average molecular weight is 298 g/mol. The lowest BCUT2D eigenvalue weighted by atomic mass is 9.88. The Morgan fingerprint density at radius 2 is 2.35 bits per heavy atom. The maximum Gasteiger partial charge on any atom is 0.126 e. The molecule has 0 amide bonds. The van der Waals surface area contributed by atoms with Crippen LogP contribution < -0.4 is 4.74 Å². The summed E-state index contributed by atoms with van der Waals surface area (Å²) in [5.74, 6) is 0.835. The molecule has 4 heteroatoms. The van der Waals surface area contributed by atoms with E-state index in [0.717, 1.165) is 35.3 Å². The van der Waals surface area contributed by atoms with E-state index in [2.05, 4.69) is 27.9 Å². The number of likely N-dealkylation sites (tertiary alicyclic amines) is 1. The number of aliphatic hydroxyl groups is 1. The van der Waals surface area contributed by atoms with Gasteiger partial charge in [0.15, 0.2) is 0 Å². The average Bonchev–Trinajstić information content (AvgIpc) is 2.61. The number of halogens is 1. The molecule has 2 heterocycles. The van der Waals surface area contributed by atoms with Crippen molar-refractivity contribution < 1.29 is 9.84 Å². The van der Waals surface area contributed by atoms with Gasteiger partial charge in [-0.25, -0.2) is 0 Å². The molecule has 2 aliphatic rings. The third kappa shape index (κ3) is 1.98. The molecule has 0 aromatic heterocycles. The molecule has 0 bridgehead atoms. The Labute approximate surface area is 110 Å². The number of aliphatic hydroxyl groups excluding tert-OH is 1. The van der Waals surface area contributed by atoms with Crippen LogP contribution >= 0.6 is 15.9 Å². The van der Waals surface area contributed by atoms with E-state index in [9.17, 15) is 5.11 Å². The fourth-order valence-corrected chi connectivity index (χ4v) is 3.28. The highest BCUT2D eigenvalue weighted by molar-refractivity contribution is 9.10. The lowest BCUT2D eigenvalue weighted by molar-refractivity contribution is -0.00582. The van der Waals surface area contributed by atoms with Gasteiger partial charge in [-0.3, -0.25) is 0 Å². The molecule has 1 N–H and O–H groups in total. The molecule has 17 heavy (non-hydrogen) atoms. The molecule has 0 radical (unpaired) electrons. The van der Waals surface area contributed by atoms with Crippen LogP contribution in [0.25, 0.3) is 0 Å². The zero-order valence-corrected chi connectivity index (χ0v) is 11.4. The van der Waals surface area contributed by atoms with Crippen LogP contribution in [0.4, 0.5) is 0 Å². The first-order chi connectivity index (χ1) is 8.08. The van der Waals surface area contributed by atoms with E-state index < -0.39 is 6.10 Å². The van der Waals surface area contributed by atoms with Gasteiger partial charge < -0.3 is 14.7 Å². The summed E-state index contributed by atoms with van der Waals surface area (Å²) >= 11 is 3.43. The summed E-state index contributed by atoms with van der Waals surface area (Å²) in [6, 6.07) is 5.86. The van der Waals surface area contributed by atoms with Gasteiger partial charge in [-0.2, -0.15) is 0 Å². The molecule has 3 nitrogen and oxygen atoms in total. The second-order valence-corrected chi connectivity index (χ2v) is 6.09. The molecule has 0 aliphatic carbocycles. The monoisotopic (exact) mass is 297 g/mol. The summed E-state index contributed by atoms with van der Waals surface area (Å²) in [6.07, 6.45) is 1.28. The van der Waals surface area contributed by atoms with Crippen LogP contribution in [-0.4, -0.2) is 35.7 Å². The van der Waals surface area contributed by atoms with Gasteiger partial charge >= 0.3 is 0 Å². The minimum atomic E-state index is -0.414. The molecule has 92 valence electrons. The Bertz CT molecular complexity index is 451. The lowest BCUT2D eigenvalue weighted by Crippen LogP contribution is -2.43. The highest BCUT2D eigenvalue weighted by Gasteiger charge is 2.44. The smallest absolute Gasteiger partial charge is 0.126 e. The van der Waals surface area contributed by atoms with E-state index in [1.165, 1.54) is 0 Å². The van der Waals surface area contributed by atoms with Gasteiger partial charge in [0.25, 0.3) is 0 Å². The molecule has 2 atom stereocenters. The molecule has 1 spiro atoms. The fraction of sp³-hybridized carbons (Fsp3) is 0.538. The second kappa shape index (κ2) is 3.97. The van der Waals surface area contributed by atoms with E-state index in [1.54, 1.807) is 0 Å². The van der Waals surface area contributed by atoms with E-state index in [0.29, 0.717) is 6.42 Å². The van der Waals surface area contributed by atoms with Crippen molar-refractivity contribution in [1.29, 1.82) is 0 Å². The number of hydrogen-bond acceptors (Lipinski definition) is 3. The van der Waals surface area contributed by atoms with Crippen LogP contribution in [0.1, 0.15) is 24.5 Å². The number of rotatable bonds is 0. The highest BCUT2D eigenvalue weighted by atomic mass is 79.9. The number of ether oxygens (including phenoxy) is 1. The van der Waals surface area contributed by atoms with E-state index in [1.807, 2.05) is 18.2 Å². The van der Waals surface area contributed by atoms with Crippen LogP contribution in [0.15, 0.2) is 22.7 Å². The first-order valence-corrected chi connectivity index (χ1v) is 6.72. The highest BCUT2D eigenvalue weighted by Crippen LogP contribution is 2.44. The van der Waals surface area contributed by atoms with Crippen molar-refractivity contribution in [2.45, 2.75) is 24.5 Å². The predicted molar refractivity (Wildman–Crippen MR) is 69.2 cm³/mol. The molecule has 1 unspecified atom stereocenters. The summed E-state index contributed by atoms with van der Waals surface area (Å²) < 4.78 is 7.14. The largest absolute Gasteiger partial charge is 0.485 e. The van der Waals surface area contributed by atoms with Crippen molar-refractivity contribution >= 4 is 15.9 Å². The standard InChI is InChI=1S/C13H16BrNO2/c1-15-5-4-13(8-15)7-11(16)10-6-9(14)2-3-12(10)17-13/h2-3,6,11,16H,4-5,7-8H2,1H3/t11-,13?/m1/s1. The van der Waals surface area contributed by atoms with Crippen LogP contribution in [0.2, 0.25) is 0 Å². The quantitative estimate of drug-likeness (QED) is 0.798. The van der Waals surface area contributed by atoms with Gasteiger partial charge in [-0.1, -0.05) is 15.9 Å². The molecule has 1 aromatic carbocycles. The summed E-state index contributed by atoms with van der Waals surface area (Å²) in [5.41, 5.74) is 0.717. The van der Waals surface area contributed by atoms with E-state index >= 15 is 0 Å². The number of nitrogens with zero attached hydrogens (tertiary/aromatic N) is 1. The molecular weight excluding hydrogens is 282 g/mol. The Morgan fingerprint density at radius 3 is 3.06 bits per heavy atom. The third-order valence-electron chi connectivity index (χ3n) is 3.73. The van der Waals surface area contributed by atoms with Crippen molar-refractivity contribution in [3.63, 3.8) is 0 Å². The minimum absolute atomic E-state index is 0.186. The predicted octanol–water partition coefficient (Wildman–Crippen LogP) is 2.34. The van der Waals surface area contributed by atoms with E-state index in [-0.39, 0.29) is 5.60 Å². The van der Waals surface area contributed by atoms with Crippen LogP contribution in [0, 0.1) is 0 Å². The van der Waals surface area contributed by atoms with Gasteiger partial charge in [0, 0.05) is 36.0 Å². The normalized spacial score (nSPS) is 32.5. The van der Waals surface area contributed by atoms with Gasteiger partial charge in [0.05, 0.1) is 6.10 Å². The topological polar surface area (TPSA) is 32.7 Å². The molecule has 1 saturated heterocycles. The molecule has 3 rings (SSSR count). The van der Waals surface area contributed by atoms with Gasteiger partial charge in [-0.05, 0) is 25.2 Å². The number of fused-ring (bicyclic) bond motifs is 1. The van der Waals surface area contributed by atoms with Crippen molar-refractivity contribution in [2.75, 3.05) is 20.1 Å². The maximum absolute atomic E-state index is 10.3. The Morgan fingerprint density at radius 1 is 1.53 bits per heavy atom. The van der Waals surface area contributed by atoms with Crippen molar-refractivity contribution in [1.82, 2.24) is 4.90 Å². The number of benzene rings is 1. The number of likely N-dealkylation sites (N-methyl/N-ethyl adjacent to an activating group) is 1. The summed E-state index contributed by atoms with van der Waals surface area (Å²) in [6.45, 7) is 1.94. The second-order valence-electron chi connectivity index (χ2n) is 5.17. The summed E-state index contributed by atoms with van der Waals surface area (Å²) in [4.78, 5) is 2.26. The molecule has 1 aromatic rings. The van der Waals surface area contributed by atoms with Crippen LogP contribution in [0.3, 0.4) is 0 Å². The molecule has 2 aliphatic heterocycles. The van der Waals surface area contributed by atoms with Gasteiger partial charge in [0.2, 0.25) is 0 Å². The van der Waals surface area contributed by atoms with Crippen LogP contribution in [-0.2, 0) is 0 Å². The maximum atomic E-state index is 10.3. The SMILES string of the molecule is CN1CCC2(C[C@@H](O)c3cc(Br)ccc3O2)C1. The molecule has 0 saturated carbocycles. The zero-order chi connectivity index (χ0) is 12.0. The summed E-state index contributed by atoms with van der Waals surface area (Å²) in [7, 11) is 2.10. The zero-order valence-electron chi connectivity index (χ0n) is 9.82. The van der Waals surface area contributed by atoms with Crippen molar-refractivity contribution in [3.05, 3.63) is 28.2 Å². The first-order valence-electron chi connectivity index (χ1n) is 5.93. The first kappa shape index (κ1) is 11.5. The Kier molecular flexibility index (Phi) is 2.69. The van der Waals surface area contributed by atoms with Gasteiger partial charge in [0.1, 0.15) is 11.4 Å². The fourth-order valence-electron chi connectivity index (χ4n) is 2.90. The van der Waals surface area contributed by atoms with Crippen molar-refractivity contribution in [3.8, 4) is 5.75 Å². The van der Waals surface area contributed by atoms with Gasteiger partial charge in [-0.15, -0.1) is 0 Å². The lowest BCUT2D eigenvalue weighted by Gasteiger charge is -2.38. The van der Waals surface area contributed by atoms with E-state index in [4.69, 9.17) is 4.74 Å². The molecular formula is C13H16BrNO2. The van der Waals surface area contributed by atoms with Crippen LogP contribution in [0.5, 0.6) is 5.75 Å². The Balaban J connectivity index is 1.96.